The van der Waals surface area contributed by atoms with E-state index in [0.717, 1.165) is 17.7 Å². The van der Waals surface area contributed by atoms with Gasteiger partial charge in [0.1, 0.15) is 5.82 Å². The highest BCUT2D eigenvalue weighted by Gasteiger charge is 2.28. The van der Waals surface area contributed by atoms with E-state index in [1.165, 1.54) is 18.6 Å². The Balaban J connectivity index is 1.76. The van der Waals surface area contributed by atoms with Crippen molar-refractivity contribution in [1.82, 2.24) is 5.32 Å². The van der Waals surface area contributed by atoms with Crippen LogP contribution in [0.1, 0.15) is 33.1 Å². The Labute approximate surface area is 149 Å². The van der Waals surface area contributed by atoms with Crippen LogP contribution in [0.3, 0.4) is 0 Å². The number of likely N-dealkylation sites (N-methyl/N-ethyl adjacent to an activating group) is 1. The predicted molar refractivity (Wildman–Crippen MR) is 95.8 cm³/mol. The minimum atomic E-state index is -0.395. The number of hydrogen-bond donors (Lipinski definition) is 3. The van der Waals surface area contributed by atoms with Crippen LogP contribution < -0.4 is 15.5 Å². The van der Waals surface area contributed by atoms with E-state index in [-0.39, 0.29) is 30.9 Å². The smallest absolute Gasteiger partial charge is 0.279 e. The molecule has 1 aromatic carbocycles. The summed E-state index contributed by atoms with van der Waals surface area (Å²) in [6.45, 7) is 4.82. The highest BCUT2D eigenvalue weighted by Crippen LogP contribution is 2.29. The molecule has 0 aliphatic heterocycles. The van der Waals surface area contributed by atoms with Crippen LogP contribution in [0, 0.1) is 17.7 Å². The molecule has 5 nitrogen and oxygen atoms in total. The Morgan fingerprint density at radius 3 is 2.64 bits per heavy atom. The first-order chi connectivity index (χ1) is 11.8. The zero-order valence-corrected chi connectivity index (χ0v) is 15.3. The lowest BCUT2D eigenvalue weighted by atomic mass is 9.78. The molecule has 2 amide bonds. The largest absolute Gasteiger partial charge is 0.348 e. The lowest BCUT2D eigenvalue weighted by Crippen LogP contribution is -3.11. The SMILES string of the molecule is C[C@@H]1[C@@H](C)CCC[C@H]1NC(=O)C[NH+](C)CC(=O)Nc1cccc(F)c1. The summed E-state index contributed by atoms with van der Waals surface area (Å²) in [6.07, 6.45) is 3.39. The molecule has 6 heteroatoms. The molecule has 1 fully saturated rings. The van der Waals surface area contributed by atoms with E-state index in [0.29, 0.717) is 17.5 Å². The van der Waals surface area contributed by atoms with Crippen LogP contribution in [0.2, 0.25) is 0 Å². The summed E-state index contributed by atoms with van der Waals surface area (Å²) in [6, 6.07) is 6.00. The Hall–Kier alpha value is -1.95. The first kappa shape index (κ1) is 19.4. The van der Waals surface area contributed by atoms with Crippen LogP contribution in [0.5, 0.6) is 0 Å². The highest BCUT2D eigenvalue weighted by atomic mass is 19.1. The van der Waals surface area contributed by atoms with Crippen LogP contribution >= 0.6 is 0 Å². The van der Waals surface area contributed by atoms with Gasteiger partial charge in [-0.15, -0.1) is 0 Å². The van der Waals surface area contributed by atoms with E-state index in [4.69, 9.17) is 0 Å². The molecule has 3 N–H and O–H groups in total. The summed E-state index contributed by atoms with van der Waals surface area (Å²) in [7, 11) is 1.80. The Morgan fingerprint density at radius 2 is 1.92 bits per heavy atom. The fourth-order valence-corrected chi connectivity index (χ4v) is 3.43. The third-order valence-corrected chi connectivity index (χ3v) is 5.09. The van der Waals surface area contributed by atoms with Gasteiger partial charge in [0.2, 0.25) is 0 Å². The van der Waals surface area contributed by atoms with Gasteiger partial charge in [0.15, 0.2) is 13.1 Å². The Kier molecular flexibility index (Phi) is 6.93. The molecule has 4 atom stereocenters. The number of rotatable bonds is 6. The summed E-state index contributed by atoms with van der Waals surface area (Å²) in [4.78, 5) is 25.1. The first-order valence-corrected chi connectivity index (χ1v) is 9.01. The van der Waals surface area contributed by atoms with Gasteiger partial charge < -0.3 is 15.5 Å². The molecule has 0 saturated heterocycles. The van der Waals surface area contributed by atoms with Crippen molar-refractivity contribution in [3.63, 3.8) is 0 Å². The van der Waals surface area contributed by atoms with E-state index >= 15 is 0 Å². The fourth-order valence-electron chi connectivity index (χ4n) is 3.43. The maximum Gasteiger partial charge on any atom is 0.279 e. The predicted octanol–water partition coefficient (Wildman–Crippen LogP) is 1.22. The topological polar surface area (TPSA) is 62.6 Å². The van der Waals surface area contributed by atoms with Gasteiger partial charge >= 0.3 is 0 Å². The lowest BCUT2D eigenvalue weighted by molar-refractivity contribution is -0.862. The molecule has 1 aliphatic carbocycles. The van der Waals surface area contributed by atoms with Gasteiger partial charge in [-0.2, -0.15) is 0 Å². The molecular weight excluding hydrogens is 321 g/mol. The molecule has 1 unspecified atom stereocenters. The minimum Gasteiger partial charge on any atom is -0.348 e. The second kappa shape index (κ2) is 8.94. The summed E-state index contributed by atoms with van der Waals surface area (Å²) in [5.74, 6) is 0.446. The standard InChI is InChI=1S/C19H28FN3O2/c1-13-6-4-9-17(14(13)2)22-19(25)12-23(3)11-18(24)21-16-8-5-7-15(20)10-16/h5,7-8,10,13-14,17H,4,6,9,11-12H2,1-3H3,(H,21,24)(H,22,25)/p+1/t13-,14+,17+/m0/s1. The molecule has 0 radical (unpaired) electrons. The molecule has 0 aromatic heterocycles. The summed E-state index contributed by atoms with van der Waals surface area (Å²) < 4.78 is 13.1. The van der Waals surface area contributed by atoms with E-state index in [9.17, 15) is 14.0 Å². The van der Waals surface area contributed by atoms with Gasteiger partial charge in [0.25, 0.3) is 11.8 Å². The molecule has 0 heterocycles. The molecule has 1 aliphatic rings. The number of carbonyl (C=O) groups excluding carboxylic acids is 2. The summed E-state index contributed by atoms with van der Waals surface area (Å²) in [5.41, 5.74) is 0.423. The average molecular weight is 350 g/mol. The molecule has 1 saturated carbocycles. The van der Waals surface area contributed by atoms with Gasteiger partial charge in [0.05, 0.1) is 7.05 Å². The van der Waals surface area contributed by atoms with Crippen molar-refractivity contribution in [3.05, 3.63) is 30.1 Å². The monoisotopic (exact) mass is 350 g/mol. The average Bonchev–Trinajstić information content (AvgIpc) is 2.51. The van der Waals surface area contributed by atoms with Crippen molar-refractivity contribution in [2.75, 3.05) is 25.5 Å². The van der Waals surface area contributed by atoms with Crippen molar-refractivity contribution >= 4 is 17.5 Å². The van der Waals surface area contributed by atoms with Crippen molar-refractivity contribution in [2.45, 2.75) is 39.2 Å². The Bertz CT molecular complexity index is 608. The number of carbonyl (C=O) groups is 2. The highest BCUT2D eigenvalue weighted by molar-refractivity contribution is 5.91. The maximum absolute atomic E-state index is 13.1. The lowest BCUT2D eigenvalue weighted by Gasteiger charge is -2.34. The van der Waals surface area contributed by atoms with Crippen molar-refractivity contribution < 1.29 is 18.9 Å². The molecular formula is C19H29FN3O2+. The van der Waals surface area contributed by atoms with E-state index in [1.807, 2.05) is 0 Å². The number of benzene rings is 1. The number of halogens is 1. The second-order valence-corrected chi connectivity index (χ2v) is 7.31. The number of anilines is 1. The van der Waals surface area contributed by atoms with Crippen LogP contribution in [0.4, 0.5) is 10.1 Å². The summed E-state index contributed by atoms with van der Waals surface area (Å²) >= 11 is 0. The Morgan fingerprint density at radius 1 is 1.20 bits per heavy atom. The molecule has 1 aromatic rings. The number of nitrogens with one attached hydrogen (secondary N) is 3. The third-order valence-electron chi connectivity index (χ3n) is 5.09. The van der Waals surface area contributed by atoms with E-state index < -0.39 is 5.82 Å². The second-order valence-electron chi connectivity index (χ2n) is 7.31. The first-order valence-electron chi connectivity index (χ1n) is 9.01. The van der Waals surface area contributed by atoms with Crippen molar-refractivity contribution in [2.24, 2.45) is 11.8 Å². The van der Waals surface area contributed by atoms with Crippen LogP contribution in [-0.4, -0.2) is 38.0 Å². The van der Waals surface area contributed by atoms with Crippen LogP contribution in [0.25, 0.3) is 0 Å². The normalized spacial score (nSPS) is 24.4. The maximum atomic E-state index is 13.1. The molecule has 138 valence electrons. The van der Waals surface area contributed by atoms with Crippen molar-refractivity contribution in [3.8, 4) is 0 Å². The van der Waals surface area contributed by atoms with E-state index in [1.54, 1.807) is 19.2 Å². The molecule has 2 rings (SSSR count). The van der Waals surface area contributed by atoms with Gasteiger partial charge in [0, 0.05) is 11.7 Å². The van der Waals surface area contributed by atoms with Crippen LogP contribution in [-0.2, 0) is 9.59 Å². The summed E-state index contributed by atoms with van der Waals surface area (Å²) in [5, 5.41) is 5.77. The van der Waals surface area contributed by atoms with Gasteiger partial charge in [-0.25, -0.2) is 4.39 Å². The number of amides is 2. The van der Waals surface area contributed by atoms with Crippen LogP contribution in [0.15, 0.2) is 24.3 Å². The molecule has 0 spiro atoms. The zero-order chi connectivity index (χ0) is 18.4. The molecule has 25 heavy (non-hydrogen) atoms. The van der Waals surface area contributed by atoms with Crippen molar-refractivity contribution in [1.29, 1.82) is 0 Å². The molecule has 0 bridgehead atoms. The quantitative estimate of drug-likeness (QED) is 0.722. The van der Waals surface area contributed by atoms with Gasteiger partial charge in [-0.05, 0) is 36.5 Å². The minimum absolute atomic E-state index is 0.0259. The van der Waals surface area contributed by atoms with Gasteiger partial charge in [-0.3, -0.25) is 9.59 Å². The van der Waals surface area contributed by atoms with Gasteiger partial charge in [-0.1, -0.05) is 32.8 Å². The number of hydrogen-bond acceptors (Lipinski definition) is 2. The fraction of sp³-hybridized carbons (Fsp3) is 0.579. The zero-order valence-electron chi connectivity index (χ0n) is 15.3. The third kappa shape index (κ3) is 6.12. The number of quaternary nitrogens is 1. The van der Waals surface area contributed by atoms with E-state index in [2.05, 4.69) is 24.5 Å².